The number of fused-ring (bicyclic) bond motifs is 4. The molecule has 1 aliphatic rings. The molecule has 0 saturated heterocycles. The minimum atomic E-state index is -0.262. The van der Waals surface area contributed by atoms with E-state index < -0.39 is 0 Å². The minimum absolute atomic E-state index is 0.0393. The van der Waals surface area contributed by atoms with Gasteiger partial charge in [-0.3, -0.25) is 4.79 Å². The van der Waals surface area contributed by atoms with E-state index in [1.54, 1.807) is 18.4 Å². The van der Waals surface area contributed by atoms with Crippen molar-refractivity contribution in [2.24, 2.45) is 0 Å². The predicted octanol–water partition coefficient (Wildman–Crippen LogP) is 6.83. The Hall–Kier alpha value is -3.28. The Bertz CT molecular complexity index is 1490. The van der Waals surface area contributed by atoms with Gasteiger partial charge in [-0.2, -0.15) is 0 Å². The van der Waals surface area contributed by atoms with Crippen LogP contribution in [0.2, 0.25) is 5.02 Å². The summed E-state index contributed by atoms with van der Waals surface area (Å²) in [6.07, 6.45) is 0.802. The van der Waals surface area contributed by atoms with Crippen LogP contribution in [0.15, 0.2) is 72.8 Å². The number of para-hydroxylation sites is 1. The summed E-state index contributed by atoms with van der Waals surface area (Å²) in [5.74, 6) is 0.660. The Kier molecular flexibility index (Phi) is 4.89. The van der Waals surface area contributed by atoms with Gasteiger partial charge in [-0.25, -0.2) is 0 Å². The molecule has 0 aliphatic carbocycles. The number of rotatable bonds is 3. The van der Waals surface area contributed by atoms with E-state index in [9.17, 15) is 4.79 Å². The zero-order valence-corrected chi connectivity index (χ0v) is 19.5. The van der Waals surface area contributed by atoms with E-state index >= 15 is 0 Å². The predicted molar refractivity (Wildman–Crippen MR) is 135 cm³/mol. The lowest BCUT2D eigenvalue weighted by atomic mass is 9.92. The summed E-state index contributed by atoms with van der Waals surface area (Å²) in [5, 5.41) is 2.84. The van der Waals surface area contributed by atoms with Crippen molar-refractivity contribution in [3.05, 3.63) is 99.5 Å². The molecule has 1 atom stereocenters. The van der Waals surface area contributed by atoms with Gasteiger partial charge in [0.2, 0.25) is 0 Å². The third-order valence-corrected chi connectivity index (χ3v) is 7.82. The quantitative estimate of drug-likeness (QED) is 0.312. The maximum Gasteiger partial charge on any atom is 0.264 e. The molecule has 6 heteroatoms. The summed E-state index contributed by atoms with van der Waals surface area (Å²) < 4.78 is 6.48. The smallest absolute Gasteiger partial charge is 0.264 e. The third-order valence-electron chi connectivity index (χ3n) is 6.42. The second-order valence-electron chi connectivity index (χ2n) is 8.26. The van der Waals surface area contributed by atoms with Crippen molar-refractivity contribution in [2.45, 2.75) is 12.5 Å². The molecule has 1 aliphatic heterocycles. The number of hydrogen-bond acceptors (Lipinski definition) is 3. The molecule has 5 aromatic rings. The Balaban J connectivity index is 1.51. The molecule has 1 N–H and O–H groups in total. The van der Waals surface area contributed by atoms with Gasteiger partial charge in [0.1, 0.15) is 5.75 Å². The van der Waals surface area contributed by atoms with Crippen LogP contribution in [0.4, 0.5) is 0 Å². The summed E-state index contributed by atoms with van der Waals surface area (Å²) >= 11 is 8.06. The number of aromatic amines is 1. The van der Waals surface area contributed by atoms with Gasteiger partial charge in [0.25, 0.3) is 5.91 Å². The van der Waals surface area contributed by atoms with E-state index in [1.807, 2.05) is 47.4 Å². The number of thiophene rings is 1. The molecular formula is C27H21ClN2O2S. The van der Waals surface area contributed by atoms with Crippen molar-refractivity contribution in [3.8, 4) is 5.75 Å². The molecular weight excluding hydrogens is 452 g/mol. The lowest BCUT2D eigenvalue weighted by Gasteiger charge is -2.36. The van der Waals surface area contributed by atoms with Crippen molar-refractivity contribution in [2.75, 3.05) is 13.7 Å². The van der Waals surface area contributed by atoms with E-state index in [1.165, 1.54) is 10.9 Å². The van der Waals surface area contributed by atoms with Gasteiger partial charge in [0.15, 0.2) is 0 Å². The highest BCUT2D eigenvalue weighted by atomic mass is 35.5. The highest BCUT2D eigenvalue weighted by Crippen LogP contribution is 2.41. The number of amides is 1. The number of hydrogen-bond donors (Lipinski definition) is 1. The summed E-state index contributed by atoms with van der Waals surface area (Å²) in [4.78, 5) is 20.2. The van der Waals surface area contributed by atoms with E-state index in [0.29, 0.717) is 17.3 Å². The average Bonchev–Trinajstić information content (AvgIpc) is 3.44. The van der Waals surface area contributed by atoms with Gasteiger partial charge in [-0.1, -0.05) is 54.1 Å². The van der Waals surface area contributed by atoms with Crippen molar-refractivity contribution < 1.29 is 9.53 Å². The first-order chi connectivity index (χ1) is 16.1. The summed E-state index contributed by atoms with van der Waals surface area (Å²) in [5.41, 5.74) is 4.37. The molecule has 3 heterocycles. The minimum Gasteiger partial charge on any atom is -0.495 e. The number of H-pyrrole nitrogens is 1. The third kappa shape index (κ3) is 3.31. The first-order valence-corrected chi connectivity index (χ1v) is 12.1. The number of aromatic nitrogens is 1. The molecule has 3 aromatic carbocycles. The maximum absolute atomic E-state index is 13.9. The first-order valence-electron chi connectivity index (χ1n) is 10.9. The van der Waals surface area contributed by atoms with Crippen LogP contribution in [0.1, 0.15) is 32.5 Å². The summed E-state index contributed by atoms with van der Waals surface area (Å²) in [7, 11) is 1.61. The van der Waals surface area contributed by atoms with Crippen molar-refractivity contribution in [1.82, 2.24) is 9.88 Å². The van der Waals surface area contributed by atoms with Crippen LogP contribution in [-0.2, 0) is 6.42 Å². The number of carbonyl (C=O) groups is 1. The molecule has 2 aromatic heterocycles. The fraction of sp³-hybridized carbons (Fsp3) is 0.148. The molecule has 0 saturated carbocycles. The number of benzene rings is 3. The zero-order valence-electron chi connectivity index (χ0n) is 18.0. The molecule has 164 valence electrons. The van der Waals surface area contributed by atoms with Gasteiger partial charge in [-0.15, -0.1) is 11.3 Å². The molecule has 0 bridgehead atoms. The molecule has 1 unspecified atom stereocenters. The molecule has 0 radical (unpaired) electrons. The number of halogens is 1. The van der Waals surface area contributed by atoms with Gasteiger partial charge < -0.3 is 14.6 Å². The Morgan fingerprint density at radius 3 is 2.73 bits per heavy atom. The zero-order chi connectivity index (χ0) is 22.5. The van der Waals surface area contributed by atoms with Gasteiger partial charge in [-0.05, 0) is 53.3 Å². The fourth-order valence-corrected chi connectivity index (χ4v) is 6.17. The SMILES string of the molecule is COc1ccc(C2c3[nH]c4ccccc4c3CCN2C(=O)c2cc3ccccc3s2)cc1Cl. The lowest BCUT2D eigenvalue weighted by molar-refractivity contribution is 0.0697. The van der Waals surface area contributed by atoms with Crippen molar-refractivity contribution in [3.63, 3.8) is 0 Å². The van der Waals surface area contributed by atoms with Crippen LogP contribution in [0.5, 0.6) is 5.75 Å². The molecule has 1 amide bonds. The standard InChI is InChI=1S/C27H21ClN2O2S/c1-32-22-11-10-17(14-20(22)28)26-25-19(18-7-3-4-8-21(18)29-25)12-13-30(26)27(31)24-15-16-6-2-5-9-23(16)33-24/h2-11,14-15,26,29H,12-13H2,1H3. The second-order valence-corrected chi connectivity index (χ2v) is 9.75. The van der Waals surface area contributed by atoms with E-state index in [0.717, 1.165) is 38.2 Å². The van der Waals surface area contributed by atoms with Crippen LogP contribution in [0, 0.1) is 0 Å². The van der Waals surface area contributed by atoms with Gasteiger partial charge >= 0.3 is 0 Å². The lowest BCUT2D eigenvalue weighted by Crippen LogP contribution is -2.40. The van der Waals surface area contributed by atoms with Crippen LogP contribution in [0.25, 0.3) is 21.0 Å². The largest absolute Gasteiger partial charge is 0.495 e. The highest BCUT2D eigenvalue weighted by Gasteiger charge is 2.35. The summed E-state index contributed by atoms with van der Waals surface area (Å²) in [6, 6.07) is 24.0. The topological polar surface area (TPSA) is 45.3 Å². The molecule has 0 fully saturated rings. The number of nitrogens with zero attached hydrogens (tertiary/aromatic N) is 1. The van der Waals surface area contributed by atoms with Crippen molar-refractivity contribution in [1.29, 1.82) is 0 Å². The average molecular weight is 473 g/mol. The summed E-state index contributed by atoms with van der Waals surface area (Å²) in [6.45, 7) is 0.635. The normalized spacial score (nSPS) is 15.7. The van der Waals surface area contributed by atoms with Crippen LogP contribution < -0.4 is 4.74 Å². The number of ether oxygens (including phenoxy) is 1. The second kappa shape index (κ2) is 7.94. The van der Waals surface area contributed by atoms with E-state index in [-0.39, 0.29) is 11.9 Å². The molecule has 4 nitrogen and oxygen atoms in total. The monoisotopic (exact) mass is 472 g/mol. The first kappa shape index (κ1) is 20.3. The van der Waals surface area contributed by atoms with Gasteiger partial charge in [0, 0.05) is 27.8 Å². The Labute approximate surface area is 200 Å². The molecule has 33 heavy (non-hydrogen) atoms. The van der Waals surface area contributed by atoms with Crippen LogP contribution in [-0.4, -0.2) is 29.4 Å². The maximum atomic E-state index is 13.9. The Morgan fingerprint density at radius 1 is 1.09 bits per heavy atom. The van der Waals surface area contributed by atoms with E-state index in [2.05, 4.69) is 35.3 Å². The fourth-order valence-electron chi connectivity index (χ4n) is 4.89. The number of nitrogens with one attached hydrogen (secondary N) is 1. The van der Waals surface area contributed by atoms with Crippen molar-refractivity contribution >= 4 is 49.8 Å². The highest BCUT2D eigenvalue weighted by molar-refractivity contribution is 7.20. The molecule has 6 rings (SSSR count). The van der Waals surface area contributed by atoms with E-state index in [4.69, 9.17) is 16.3 Å². The Morgan fingerprint density at radius 2 is 1.91 bits per heavy atom. The molecule has 0 spiro atoms. The van der Waals surface area contributed by atoms with Crippen LogP contribution >= 0.6 is 22.9 Å². The van der Waals surface area contributed by atoms with Crippen LogP contribution in [0.3, 0.4) is 0 Å². The number of methoxy groups -OCH3 is 1. The van der Waals surface area contributed by atoms with Gasteiger partial charge in [0.05, 0.1) is 23.1 Å². The number of carbonyl (C=O) groups excluding carboxylic acids is 1.